The Kier molecular flexibility index (Phi) is 4.71. The van der Waals surface area contributed by atoms with E-state index in [0.29, 0.717) is 18.1 Å². The maximum absolute atomic E-state index is 11.3. The van der Waals surface area contributed by atoms with E-state index in [9.17, 15) is 9.90 Å². The summed E-state index contributed by atoms with van der Waals surface area (Å²) in [4.78, 5) is 11.6. The van der Waals surface area contributed by atoms with Crippen molar-refractivity contribution in [1.29, 1.82) is 0 Å². The molecule has 2 aromatic rings. The van der Waals surface area contributed by atoms with Gasteiger partial charge in [-0.2, -0.15) is 0 Å². The lowest BCUT2D eigenvalue weighted by Gasteiger charge is -2.04. The molecule has 3 nitrogen and oxygen atoms in total. The van der Waals surface area contributed by atoms with Crippen molar-refractivity contribution in [2.45, 2.75) is 19.4 Å². The number of ether oxygens (including phenoxy) is 1. The van der Waals surface area contributed by atoms with Crippen LogP contribution in [0.4, 0.5) is 0 Å². The zero-order valence-corrected chi connectivity index (χ0v) is 11.4. The molecule has 1 N–H and O–H groups in total. The predicted molar refractivity (Wildman–Crippen MR) is 77.9 cm³/mol. The fraction of sp³-hybridized carbons (Fsp3) is 0.267. The van der Waals surface area contributed by atoms with Crippen LogP contribution >= 0.6 is 11.3 Å². The molecule has 2 rings (SSSR count). The fourth-order valence-corrected chi connectivity index (χ4v) is 2.97. The molecule has 0 spiro atoms. The van der Waals surface area contributed by atoms with Gasteiger partial charge in [0.1, 0.15) is 4.88 Å². The van der Waals surface area contributed by atoms with E-state index in [4.69, 9.17) is 4.74 Å². The number of unbranched alkanes of at least 4 members (excludes halogenated alkanes) is 1. The number of carboxylic acids is 1. The molecule has 19 heavy (non-hydrogen) atoms. The number of hydrogen-bond acceptors (Lipinski definition) is 3. The van der Waals surface area contributed by atoms with Crippen molar-refractivity contribution in [2.24, 2.45) is 0 Å². The van der Waals surface area contributed by atoms with Gasteiger partial charge in [0.15, 0.2) is 0 Å². The number of rotatable bonds is 7. The van der Waals surface area contributed by atoms with Gasteiger partial charge in [0.2, 0.25) is 0 Å². The van der Waals surface area contributed by atoms with Crippen LogP contribution < -0.4 is 0 Å². The van der Waals surface area contributed by atoms with Gasteiger partial charge in [-0.1, -0.05) is 24.3 Å². The highest BCUT2D eigenvalue weighted by Crippen LogP contribution is 2.31. The molecule has 100 valence electrons. The molecule has 0 aliphatic carbocycles. The van der Waals surface area contributed by atoms with Gasteiger partial charge in [-0.05, 0) is 24.3 Å². The predicted octanol–water partition coefficient (Wildman–Crippen LogP) is 4.08. The van der Waals surface area contributed by atoms with Crippen molar-refractivity contribution >= 4 is 27.4 Å². The quantitative estimate of drug-likeness (QED) is 0.612. The minimum atomic E-state index is -0.883. The molecule has 0 fully saturated rings. The third-order valence-corrected chi connectivity index (χ3v) is 4.04. The summed E-state index contributed by atoms with van der Waals surface area (Å²) in [6.07, 6.45) is 3.68. The summed E-state index contributed by atoms with van der Waals surface area (Å²) in [6.45, 7) is 4.63. The van der Waals surface area contributed by atoms with Crippen LogP contribution in [0.3, 0.4) is 0 Å². The van der Waals surface area contributed by atoms with E-state index in [1.165, 1.54) is 11.3 Å². The second-order valence-electron chi connectivity index (χ2n) is 4.19. The second-order valence-corrected chi connectivity index (χ2v) is 5.25. The van der Waals surface area contributed by atoms with Crippen LogP contribution in [0.15, 0.2) is 36.9 Å². The summed E-state index contributed by atoms with van der Waals surface area (Å²) in [7, 11) is 0. The first kappa shape index (κ1) is 13.8. The number of aromatic carboxylic acids is 1. The molecule has 0 saturated carbocycles. The lowest BCUT2D eigenvalue weighted by molar-refractivity contribution is 0.0693. The molecule has 0 radical (unpaired) electrons. The molecule has 1 aromatic heterocycles. The first-order valence-electron chi connectivity index (χ1n) is 6.16. The van der Waals surface area contributed by atoms with Crippen LogP contribution in [0.5, 0.6) is 0 Å². The minimum absolute atomic E-state index is 0.350. The highest BCUT2D eigenvalue weighted by Gasteiger charge is 2.17. The Bertz CT molecular complexity index is 586. The summed E-state index contributed by atoms with van der Waals surface area (Å²) in [6, 6.07) is 7.72. The smallest absolute Gasteiger partial charge is 0.346 e. The van der Waals surface area contributed by atoms with Crippen molar-refractivity contribution in [3.63, 3.8) is 0 Å². The van der Waals surface area contributed by atoms with E-state index in [1.807, 2.05) is 30.3 Å². The molecular formula is C15H16O3S. The maximum Gasteiger partial charge on any atom is 0.346 e. The lowest BCUT2D eigenvalue weighted by Crippen LogP contribution is -2.01. The van der Waals surface area contributed by atoms with Gasteiger partial charge in [-0.25, -0.2) is 4.79 Å². The van der Waals surface area contributed by atoms with Crippen LogP contribution in [0.25, 0.3) is 10.1 Å². The van der Waals surface area contributed by atoms with Crippen LogP contribution in [0.2, 0.25) is 0 Å². The Morgan fingerprint density at radius 1 is 1.42 bits per heavy atom. The molecule has 0 saturated heterocycles. The Morgan fingerprint density at radius 2 is 2.21 bits per heavy atom. The highest BCUT2D eigenvalue weighted by atomic mass is 32.1. The normalized spacial score (nSPS) is 10.7. The lowest BCUT2D eigenvalue weighted by atomic mass is 10.1. The van der Waals surface area contributed by atoms with Gasteiger partial charge in [-0.15, -0.1) is 17.9 Å². The fourth-order valence-electron chi connectivity index (χ4n) is 1.92. The molecule has 0 unspecified atom stereocenters. The monoisotopic (exact) mass is 276 g/mol. The molecule has 0 atom stereocenters. The molecule has 0 amide bonds. The molecule has 0 bridgehead atoms. The summed E-state index contributed by atoms with van der Waals surface area (Å²) < 4.78 is 6.56. The topological polar surface area (TPSA) is 46.5 Å². The zero-order valence-electron chi connectivity index (χ0n) is 10.6. The number of fused-ring (bicyclic) bond motifs is 1. The van der Waals surface area contributed by atoms with E-state index in [1.54, 1.807) is 0 Å². The molecule has 0 aliphatic rings. The van der Waals surface area contributed by atoms with E-state index in [0.717, 1.165) is 28.5 Å². The summed E-state index contributed by atoms with van der Waals surface area (Å²) in [5.41, 5.74) is 0.784. The number of thiophene rings is 1. The molecular weight excluding hydrogens is 260 g/mol. The first-order chi connectivity index (χ1) is 9.24. The number of carbonyl (C=O) groups is 1. The SMILES string of the molecule is C=CCCCOCc1c(C(=O)O)sc2ccccc12. The molecule has 0 aliphatic heterocycles. The van der Waals surface area contributed by atoms with Crippen molar-refractivity contribution in [3.8, 4) is 0 Å². The molecule has 1 aromatic carbocycles. The van der Waals surface area contributed by atoms with E-state index in [-0.39, 0.29) is 0 Å². The summed E-state index contributed by atoms with van der Waals surface area (Å²) >= 11 is 1.30. The van der Waals surface area contributed by atoms with Crippen molar-refractivity contribution in [1.82, 2.24) is 0 Å². The van der Waals surface area contributed by atoms with Crippen LogP contribution in [0, 0.1) is 0 Å². The van der Waals surface area contributed by atoms with Crippen molar-refractivity contribution in [3.05, 3.63) is 47.4 Å². The van der Waals surface area contributed by atoms with Gasteiger partial charge in [0, 0.05) is 16.9 Å². The average molecular weight is 276 g/mol. The molecule has 1 heterocycles. The minimum Gasteiger partial charge on any atom is -0.477 e. The van der Waals surface area contributed by atoms with Crippen LogP contribution in [-0.2, 0) is 11.3 Å². The Hall–Kier alpha value is -1.65. The van der Waals surface area contributed by atoms with Gasteiger partial charge in [-0.3, -0.25) is 0 Å². The van der Waals surface area contributed by atoms with Gasteiger partial charge >= 0.3 is 5.97 Å². The van der Waals surface area contributed by atoms with Gasteiger partial charge in [0.05, 0.1) is 6.61 Å². The zero-order chi connectivity index (χ0) is 13.7. The third kappa shape index (κ3) is 3.22. The van der Waals surface area contributed by atoms with Crippen molar-refractivity contribution < 1.29 is 14.6 Å². The number of benzene rings is 1. The van der Waals surface area contributed by atoms with Crippen LogP contribution in [-0.4, -0.2) is 17.7 Å². The Balaban J connectivity index is 2.17. The van der Waals surface area contributed by atoms with E-state index >= 15 is 0 Å². The largest absolute Gasteiger partial charge is 0.477 e. The van der Waals surface area contributed by atoms with Gasteiger partial charge < -0.3 is 9.84 Å². The average Bonchev–Trinajstić information content (AvgIpc) is 2.78. The summed E-state index contributed by atoms with van der Waals surface area (Å²) in [5.74, 6) is -0.883. The van der Waals surface area contributed by atoms with Crippen molar-refractivity contribution in [2.75, 3.05) is 6.61 Å². The van der Waals surface area contributed by atoms with Crippen LogP contribution in [0.1, 0.15) is 28.1 Å². The highest BCUT2D eigenvalue weighted by molar-refractivity contribution is 7.21. The van der Waals surface area contributed by atoms with E-state index < -0.39 is 5.97 Å². The van der Waals surface area contributed by atoms with E-state index in [2.05, 4.69) is 6.58 Å². The number of carboxylic acid groups (broad SMARTS) is 1. The first-order valence-corrected chi connectivity index (χ1v) is 6.98. The summed E-state index contributed by atoms with van der Waals surface area (Å²) in [5, 5.41) is 10.2. The molecule has 4 heteroatoms. The Morgan fingerprint density at radius 3 is 2.95 bits per heavy atom. The standard InChI is InChI=1S/C15H16O3S/c1-2-3-6-9-18-10-12-11-7-4-5-8-13(11)19-14(12)15(16)17/h2,4-5,7-8H,1,3,6,9-10H2,(H,16,17). The maximum atomic E-state index is 11.3. The number of allylic oxidation sites excluding steroid dienone is 1. The Labute approximate surface area is 116 Å². The van der Waals surface area contributed by atoms with Gasteiger partial charge in [0.25, 0.3) is 0 Å². The number of hydrogen-bond donors (Lipinski definition) is 1. The third-order valence-electron chi connectivity index (χ3n) is 2.84. The second kappa shape index (κ2) is 6.50.